The first kappa shape index (κ1) is 29.7. The number of guanidine groups is 1. The normalized spacial score (nSPS) is 18.5. The van der Waals surface area contributed by atoms with E-state index in [1.54, 1.807) is 11.3 Å². The van der Waals surface area contributed by atoms with Crippen molar-refractivity contribution in [3.8, 4) is 11.5 Å². The van der Waals surface area contributed by atoms with Crippen molar-refractivity contribution in [2.24, 2.45) is 16.6 Å². The van der Waals surface area contributed by atoms with Crippen molar-refractivity contribution in [2.75, 3.05) is 0 Å². The zero-order chi connectivity index (χ0) is 29.6. The Kier molecular flexibility index (Phi) is 9.61. The highest BCUT2D eigenvalue weighted by Gasteiger charge is 2.34. The van der Waals surface area contributed by atoms with Gasteiger partial charge in [-0.15, -0.1) is 11.3 Å². The molecule has 0 spiro atoms. The largest absolute Gasteiger partial charge is 0.457 e. The number of para-hydroxylation sites is 1. The highest BCUT2D eigenvalue weighted by Crippen LogP contribution is 2.37. The molecule has 7 nitrogen and oxygen atoms in total. The fraction of sp³-hybridized carbons (Fsp3) is 0.514. The van der Waals surface area contributed by atoms with Crippen LogP contribution in [0.2, 0.25) is 0 Å². The lowest BCUT2D eigenvalue weighted by atomic mass is 9.81. The molecule has 6 rings (SSSR count). The summed E-state index contributed by atoms with van der Waals surface area (Å²) in [6.07, 6.45) is 13.3. The number of ether oxygens (including phenoxy) is 1. The van der Waals surface area contributed by atoms with Gasteiger partial charge in [0.05, 0.1) is 23.4 Å². The molecule has 2 N–H and O–H groups in total. The number of nitrogens with two attached hydrogens (primary N) is 1. The Hall–Kier alpha value is -3.39. The number of amides is 1. The van der Waals surface area contributed by atoms with E-state index < -0.39 is 0 Å². The molecule has 2 fully saturated rings. The third kappa shape index (κ3) is 7.23. The maximum atomic E-state index is 14.1. The summed E-state index contributed by atoms with van der Waals surface area (Å²) in [5.74, 6) is 2.95. The summed E-state index contributed by atoms with van der Waals surface area (Å²) in [5, 5.41) is 0. The van der Waals surface area contributed by atoms with Gasteiger partial charge in [-0.1, -0.05) is 56.7 Å². The SMILES string of the molecule is Cc1ncsc1CN(C(=O)CCC(C1CCCCC1)N1Cc2cc(Oc3ccccc3)ccc2N=C1N)C1CCCCC1. The number of rotatable bonds is 10. The molecule has 1 atom stereocenters. The van der Waals surface area contributed by atoms with E-state index in [4.69, 9.17) is 15.5 Å². The molecule has 8 heteroatoms. The van der Waals surface area contributed by atoms with Gasteiger partial charge in [0.1, 0.15) is 11.5 Å². The smallest absolute Gasteiger partial charge is 0.223 e. The van der Waals surface area contributed by atoms with Gasteiger partial charge in [-0.05, 0) is 75.3 Å². The topological polar surface area (TPSA) is 84.0 Å². The molecule has 0 radical (unpaired) electrons. The predicted molar refractivity (Wildman–Crippen MR) is 174 cm³/mol. The van der Waals surface area contributed by atoms with E-state index in [1.165, 1.54) is 56.2 Å². The van der Waals surface area contributed by atoms with Gasteiger partial charge in [0.25, 0.3) is 0 Å². The van der Waals surface area contributed by atoms with Gasteiger partial charge in [0.15, 0.2) is 5.96 Å². The molecular weight excluding hydrogens is 554 g/mol. The number of aromatic nitrogens is 1. The minimum Gasteiger partial charge on any atom is -0.457 e. The van der Waals surface area contributed by atoms with Crippen LogP contribution in [-0.2, 0) is 17.9 Å². The second kappa shape index (κ2) is 13.9. The molecule has 2 saturated carbocycles. The zero-order valence-electron chi connectivity index (χ0n) is 25.4. The highest BCUT2D eigenvalue weighted by molar-refractivity contribution is 7.09. The van der Waals surface area contributed by atoms with Gasteiger partial charge in [-0.2, -0.15) is 0 Å². The Bertz CT molecular complexity index is 1390. The highest BCUT2D eigenvalue weighted by atomic mass is 32.1. The van der Waals surface area contributed by atoms with Crippen LogP contribution >= 0.6 is 11.3 Å². The molecule has 0 bridgehead atoms. The van der Waals surface area contributed by atoms with E-state index in [-0.39, 0.29) is 11.9 Å². The number of hydrogen-bond donors (Lipinski definition) is 1. The maximum absolute atomic E-state index is 14.1. The Balaban J connectivity index is 1.20. The first-order valence-electron chi connectivity index (χ1n) is 16.2. The molecule has 2 aliphatic carbocycles. The monoisotopic (exact) mass is 599 g/mol. The van der Waals surface area contributed by atoms with Crippen LogP contribution in [-0.4, -0.2) is 38.7 Å². The van der Waals surface area contributed by atoms with Crippen LogP contribution in [0.4, 0.5) is 5.69 Å². The summed E-state index contributed by atoms with van der Waals surface area (Å²) < 4.78 is 6.15. The molecule has 3 aromatic rings. The lowest BCUT2D eigenvalue weighted by Crippen LogP contribution is -2.50. The summed E-state index contributed by atoms with van der Waals surface area (Å²) in [4.78, 5) is 29.1. The average molecular weight is 600 g/mol. The van der Waals surface area contributed by atoms with E-state index in [0.717, 1.165) is 47.7 Å². The quantitative estimate of drug-likeness (QED) is 0.255. The van der Waals surface area contributed by atoms with Gasteiger partial charge in [0.2, 0.25) is 5.91 Å². The van der Waals surface area contributed by atoms with Crippen molar-refractivity contribution in [2.45, 2.75) is 109 Å². The van der Waals surface area contributed by atoms with E-state index in [2.05, 4.69) is 27.8 Å². The molecule has 1 unspecified atom stereocenters. The van der Waals surface area contributed by atoms with Crippen molar-refractivity contribution in [3.05, 3.63) is 70.2 Å². The summed E-state index contributed by atoms with van der Waals surface area (Å²) >= 11 is 1.67. The molecule has 1 aromatic heterocycles. The molecule has 228 valence electrons. The van der Waals surface area contributed by atoms with E-state index in [0.29, 0.717) is 37.4 Å². The standard InChI is InChI=1S/C35H45N5O2S/c1-25-33(43-24-37-25)23-39(28-13-7-3-8-14-28)34(41)20-19-32(26-11-5-2-6-12-26)40-22-27-21-30(17-18-31(27)38-35(40)36)42-29-15-9-4-10-16-29/h4,9-10,15-18,21,24,26,28,32H,2-3,5-8,11-14,19-20,22-23H2,1H3,(H2,36,38). The van der Waals surface area contributed by atoms with Gasteiger partial charge in [-0.25, -0.2) is 9.98 Å². The number of aliphatic imine (C=N–C) groups is 1. The fourth-order valence-corrected chi connectivity index (χ4v) is 8.03. The van der Waals surface area contributed by atoms with Gasteiger partial charge < -0.3 is 20.3 Å². The zero-order valence-corrected chi connectivity index (χ0v) is 26.2. The van der Waals surface area contributed by atoms with Gasteiger partial charge in [0, 0.05) is 35.5 Å². The fourth-order valence-electron chi connectivity index (χ4n) is 7.25. The maximum Gasteiger partial charge on any atom is 0.223 e. The molecule has 2 heterocycles. The van der Waals surface area contributed by atoms with Crippen LogP contribution in [0.5, 0.6) is 11.5 Å². The van der Waals surface area contributed by atoms with E-state index in [1.807, 2.05) is 48.0 Å². The summed E-state index contributed by atoms with van der Waals surface area (Å²) in [6, 6.07) is 16.4. The van der Waals surface area contributed by atoms with Crippen LogP contribution in [0.15, 0.2) is 59.0 Å². The number of fused-ring (bicyclic) bond motifs is 1. The Morgan fingerprint density at radius 3 is 2.49 bits per heavy atom. The summed E-state index contributed by atoms with van der Waals surface area (Å²) in [7, 11) is 0. The number of carbonyl (C=O) groups is 1. The number of aryl methyl sites for hydroxylation is 1. The molecule has 3 aliphatic rings. The van der Waals surface area contributed by atoms with Crippen molar-refractivity contribution >= 4 is 28.9 Å². The van der Waals surface area contributed by atoms with E-state index >= 15 is 0 Å². The number of nitrogens with zero attached hydrogens (tertiary/aromatic N) is 4. The van der Waals surface area contributed by atoms with Crippen molar-refractivity contribution < 1.29 is 9.53 Å². The average Bonchev–Trinajstić information content (AvgIpc) is 3.45. The first-order valence-corrected chi connectivity index (χ1v) is 17.1. The second-order valence-corrected chi connectivity index (χ2v) is 13.4. The summed E-state index contributed by atoms with van der Waals surface area (Å²) in [5.41, 5.74) is 11.7. The Morgan fingerprint density at radius 2 is 1.77 bits per heavy atom. The molecule has 0 saturated heterocycles. The molecular formula is C35H45N5O2S. The number of thiazole rings is 1. The third-order valence-electron chi connectivity index (χ3n) is 9.64. The van der Waals surface area contributed by atoms with Crippen LogP contribution < -0.4 is 10.5 Å². The van der Waals surface area contributed by atoms with Crippen molar-refractivity contribution in [1.29, 1.82) is 0 Å². The number of carbonyl (C=O) groups excluding carboxylic acids is 1. The second-order valence-electron chi connectivity index (χ2n) is 12.5. The van der Waals surface area contributed by atoms with Crippen LogP contribution in [0.25, 0.3) is 0 Å². The lowest BCUT2D eigenvalue weighted by Gasteiger charge is -2.42. The first-order chi connectivity index (χ1) is 21.0. The number of hydrogen-bond acceptors (Lipinski definition) is 7. The lowest BCUT2D eigenvalue weighted by molar-refractivity contribution is -0.135. The summed E-state index contributed by atoms with van der Waals surface area (Å²) in [6.45, 7) is 3.42. The third-order valence-corrected chi connectivity index (χ3v) is 10.6. The van der Waals surface area contributed by atoms with Crippen molar-refractivity contribution in [1.82, 2.24) is 14.8 Å². The Labute approximate surface area is 260 Å². The predicted octanol–water partition coefficient (Wildman–Crippen LogP) is 8.10. The molecule has 1 amide bonds. The van der Waals surface area contributed by atoms with Crippen LogP contribution in [0.3, 0.4) is 0 Å². The van der Waals surface area contributed by atoms with Crippen LogP contribution in [0, 0.1) is 12.8 Å². The molecule has 2 aromatic carbocycles. The van der Waals surface area contributed by atoms with Gasteiger partial charge >= 0.3 is 0 Å². The Morgan fingerprint density at radius 1 is 1.02 bits per heavy atom. The molecule has 43 heavy (non-hydrogen) atoms. The van der Waals surface area contributed by atoms with Crippen LogP contribution in [0.1, 0.15) is 93.2 Å². The van der Waals surface area contributed by atoms with Gasteiger partial charge in [-0.3, -0.25) is 4.79 Å². The number of benzene rings is 2. The minimum atomic E-state index is 0.179. The minimum absolute atomic E-state index is 0.179. The van der Waals surface area contributed by atoms with Crippen molar-refractivity contribution in [3.63, 3.8) is 0 Å². The van der Waals surface area contributed by atoms with E-state index in [9.17, 15) is 4.79 Å². The molecule has 1 aliphatic heterocycles.